The average molecular weight is 436 g/mol. The number of aliphatic hydroxyl groups is 6. The smallest absolute Gasteiger partial charge is 0.397 e. The Morgan fingerprint density at radius 1 is 0.929 bits per heavy atom. The van der Waals surface area contributed by atoms with Gasteiger partial charge in [0.25, 0.3) is 0 Å². The van der Waals surface area contributed by atoms with Gasteiger partial charge in [0, 0.05) is 0 Å². The number of aliphatic hydroxyl groups excluding tert-OH is 6. The van der Waals surface area contributed by atoms with Crippen molar-refractivity contribution < 1.29 is 71.9 Å². The lowest BCUT2D eigenvalue weighted by molar-refractivity contribution is -0.350. The predicted molar refractivity (Wildman–Crippen MR) is 79.6 cm³/mol. The maximum absolute atomic E-state index is 11.2. The molecule has 0 saturated carbocycles. The molecule has 15 nitrogen and oxygen atoms in total. The summed E-state index contributed by atoms with van der Waals surface area (Å²) in [6.45, 7) is -0.816. The highest BCUT2D eigenvalue weighted by Gasteiger charge is 2.53. The third kappa shape index (κ3) is 4.93. The first-order valence-electron chi connectivity index (χ1n) is 7.73. The van der Waals surface area contributed by atoms with Gasteiger partial charge in [-0.25, -0.2) is 8.98 Å². The van der Waals surface area contributed by atoms with Crippen LogP contribution in [0.5, 0.6) is 0 Å². The number of carboxylic acids is 1. The van der Waals surface area contributed by atoms with Gasteiger partial charge in [0.2, 0.25) is 0 Å². The molecule has 2 saturated heterocycles. The minimum absolute atomic E-state index is 0.816. The van der Waals surface area contributed by atoms with Crippen molar-refractivity contribution in [3.63, 3.8) is 0 Å². The fourth-order valence-corrected chi connectivity index (χ4v) is 3.30. The summed E-state index contributed by atoms with van der Waals surface area (Å²) >= 11 is 0. The van der Waals surface area contributed by atoms with Crippen molar-refractivity contribution in [3.8, 4) is 0 Å². The molecule has 164 valence electrons. The fourth-order valence-electron chi connectivity index (χ4n) is 2.79. The van der Waals surface area contributed by atoms with Crippen molar-refractivity contribution in [1.82, 2.24) is 0 Å². The van der Waals surface area contributed by atoms with Crippen LogP contribution in [-0.2, 0) is 33.6 Å². The van der Waals surface area contributed by atoms with E-state index in [0.29, 0.717) is 0 Å². The van der Waals surface area contributed by atoms with E-state index in [1.807, 2.05) is 0 Å². The minimum atomic E-state index is -5.25. The number of carboxylic acid groups (broad SMARTS) is 1. The van der Waals surface area contributed by atoms with E-state index in [-0.39, 0.29) is 0 Å². The molecule has 2 aliphatic heterocycles. The molecule has 10 atom stereocenters. The fraction of sp³-hybridized carbons (Fsp3) is 0.917. The molecule has 2 fully saturated rings. The lowest BCUT2D eigenvalue weighted by atomic mass is 9.97. The predicted octanol–water partition coefficient (Wildman–Crippen LogP) is -5.48. The molecule has 0 radical (unpaired) electrons. The molecular weight excluding hydrogens is 416 g/mol. The molecule has 0 bridgehead atoms. The zero-order valence-electron chi connectivity index (χ0n) is 13.8. The van der Waals surface area contributed by atoms with E-state index in [2.05, 4.69) is 4.18 Å². The van der Waals surface area contributed by atoms with Gasteiger partial charge < -0.3 is 50.0 Å². The van der Waals surface area contributed by atoms with Crippen molar-refractivity contribution in [2.75, 3.05) is 6.61 Å². The molecule has 0 aromatic heterocycles. The summed E-state index contributed by atoms with van der Waals surface area (Å²) in [5.41, 5.74) is 0. The van der Waals surface area contributed by atoms with Gasteiger partial charge in [-0.2, -0.15) is 8.42 Å². The highest BCUT2D eigenvalue weighted by molar-refractivity contribution is 7.80. The summed E-state index contributed by atoms with van der Waals surface area (Å²) in [5.74, 6) is -1.82. The molecule has 0 spiro atoms. The van der Waals surface area contributed by atoms with Gasteiger partial charge in [0.05, 0.1) is 6.61 Å². The Kier molecular flexibility index (Phi) is 7.29. The lowest BCUT2D eigenvalue weighted by Crippen LogP contribution is -2.65. The van der Waals surface area contributed by atoms with Gasteiger partial charge in [-0.1, -0.05) is 0 Å². The Balaban J connectivity index is 2.27. The summed E-state index contributed by atoms with van der Waals surface area (Å²) in [6, 6.07) is 0. The van der Waals surface area contributed by atoms with Crippen molar-refractivity contribution >= 4 is 16.4 Å². The van der Waals surface area contributed by atoms with Gasteiger partial charge >= 0.3 is 16.4 Å². The van der Waals surface area contributed by atoms with E-state index in [4.69, 9.17) is 29.0 Å². The lowest BCUT2D eigenvalue weighted by Gasteiger charge is -2.45. The topological polar surface area (TPSA) is 250 Å². The Bertz CT molecular complexity index is 653. The van der Waals surface area contributed by atoms with E-state index in [9.17, 15) is 38.7 Å². The zero-order chi connectivity index (χ0) is 21.4. The Hall–Kier alpha value is -1.02. The largest absolute Gasteiger partial charge is 0.479 e. The minimum Gasteiger partial charge on any atom is -0.479 e. The molecule has 2 rings (SSSR count). The van der Waals surface area contributed by atoms with Crippen LogP contribution in [0.4, 0.5) is 0 Å². The number of hydrogen-bond donors (Lipinski definition) is 8. The van der Waals surface area contributed by atoms with Crippen LogP contribution in [0.25, 0.3) is 0 Å². The van der Waals surface area contributed by atoms with Crippen LogP contribution in [0.2, 0.25) is 0 Å². The van der Waals surface area contributed by atoms with Crippen LogP contribution in [0.3, 0.4) is 0 Å². The molecular formula is C12H20O15S. The van der Waals surface area contributed by atoms with E-state index in [1.165, 1.54) is 0 Å². The number of aliphatic carboxylic acids is 1. The van der Waals surface area contributed by atoms with E-state index < -0.39 is 84.4 Å². The number of rotatable bonds is 6. The highest BCUT2D eigenvalue weighted by Crippen LogP contribution is 2.30. The van der Waals surface area contributed by atoms with Crippen LogP contribution in [0.15, 0.2) is 0 Å². The number of ether oxygens (including phenoxy) is 3. The molecule has 2 heterocycles. The number of carbonyl (C=O) groups is 1. The van der Waals surface area contributed by atoms with Gasteiger partial charge in [-0.15, -0.1) is 0 Å². The first-order chi connectivity index (χ1) is 12.9. The normalized spacial score (nSPS) is 45.0. The van der Waals surface area contributed by atoms with E-state index >= 15 is 0 Å². The van der Waals surface area contributed by atoms with Gasteiger partial charge in [0.15, 0.2) is 18.7 Å². The average Bonchev–Trinajstić information content (AvgIpc) is 2.59. The second kappa shape index (κ2) is 8.78. The van der Waals surface area contributed by atoms with Crippen LogP contribution >= 0.6 is 0 Å². The summed E-state index contributed by atoms with van der Waals surface area (Å²) < 4.78 is 49.3. The first-order valence-corrected chi connectivity index (χ1v) is 9.10. The Morgan fingerprint density at radius 3 is 2.04 bits per heavy atom. The Morgan fingerprint density at radius 2 is 1.54 bits per heavy atom. The SMILES string of the molecule is O=C(O)C1OC(OC2C(O)C(O)OC(CO)C2O)C(O)C(OS(=O)(=O)O)C1O. The second-order valence-electron chi connectivity index (χ2n) is 6.06. The molecule has 0 aliphatic carbocycles. The second-order valence-corrected chi connectivity index (χ2v) is 7.11. The van der Waals surface area contributed by atoms with E-state index in [0.717, 1.165) is 0 Å². The molecule has 0 aromatic rings. The van der Waals surface area contributed by atoms with E-state index in [1.54, 1.807) is 0 Å². The van der Waals surface area contributed by atoms with Crippen molar-refractivity contribution in [2.45, 2.75) is 61.4 Å². The summed E-state index contributed by atoms with van der Waals surface area (Å²) in [6.07, 6.45) is -20.0. The third-order valence-electron chi connectivity index (χ3n) is 4.15. The Labute approximate surface area is 157 Å². The summed E-state index contributed by atoms with van der Waals surface area (Å²) in [4.78, 5) is 11.2. The molecule has 0 aromatic carbocycles. The van der Waals surface area contributed by atoms with Gasteiger partial charge in [-0.05, 0) is 0 Å². The first kappa shape index (κ1) is 23.3. The van der Waals surface area contributed by atoms with Crippen LogP contribution < -0.4 is 0 Å². The molecule has 8 N–H and O–H groups in total. The molecule has 0 amide bonds. The zero-order valence-corrected chi connectivity index (χ0v) is 14.6. The van der Waals surface area contributed by atoms with Crippen LogP contribution in [0.1, 0.15) is 0 Å². The molecule has 28 heavy (non-hydrogen) atoms. The quantitative estimate of drug-likeness (QED) is 0.181. The van der Waals surface area contributed by atoms with Gasteiger partial charge in [-0.3, -0.25) is 4.55 Å². The van der Waals surface area contributed by atoms with Crippen molar-refractivity contribution in [2.24, 2.45) is 0 Å². The highest BCUT2D eigenvalue weighted by atomic mass is 32.3. The van der Waals surface area contributed by atoms with Crippen molar-refractivity contribution in [1.29, 1.82) is 0 Å². The number of hydrogen-bond acceptors (Lipinski definition) is 13. The maximum atomic E-state index is 11.2. The molecule has 10 unspecified atom stereocenters. The molecule has 16 heteroatoms. The van der Waals surface area contributed by atoms with Crippen LogP contribution in [-0.4, -0.2) is 123 Å². The van der Waals surface area contributed by atoms with Crippen molar-refractivity contribution in [3.05, 3.63) is 0 Å². The van der Waals surface area contributed by atoms with Gasteiger partial charge in [0.1, 0.15) is 42.7 Å². The monoisotopic (exact) mass is 436 g/mol. The summed E-state index contributed by atoms with van der Waals surface area (Å²) in [7, 11) is -5.25. The summed E-state index contributed by atoms with van der Waals surface area (Å²) in [5, 5.41) is 67.8. The van der Waals surface area contributed by atoms with Crippen LogP contribution in [0, 0.1) is 0 Å². The maximum Gasteiger partial charge on any atom is 0.397 e. The third-order valence-corrected chi connectivity index (χ3v) is 4.62. The molecule has 2 aliphatic rings. The standard InChI is InChI=1S/C12H20O15S/c13-1-2-3(14)7(5(16)11(20)24-2)25-12-6(17)8(27-28(21,22)23)4(15)9(26-12)10(18)19/h2-9,11-17,20H,1H2,(H,18,19)(H,21,22,23).